The van der Waals surface area contributed by atoms with Gasteiger partial charge in [-0.05, 0) is 60.7 Å². The second-order valence-corrected chi connectivity index (χ2v) is 13.4. The van der Waals surface area contributed by atoms with Crippen LogP contribution in [0.1, 0.15) is 54.8 Å². The highest BCUT2D eigenvalue weighted by atomic mass is 16.7. The fourth-order valence-corrected chi connectivity index (χ4v) is 6.25. The summed E-state index contributed by atoms with van der Waals surface area (Å²) in [5.74, 6) is -5.71. The van der Waals surface area contributed by atoms with Crippen molar-refractivity contribution < 1.29 is 66.7 Å². The van der Waals surface area contributed by atoms with Crippen molar-refractivity contribution in [3.05, 3.63) is 172 Å². The second kappa shape index (κ2) is 18.9. The Morgan fingerprint density at radius 2 is 1.08 bits per heavy atom. The number of fused-ring (bicyclic) bond motifs is 1. The fourth-order valence-electron chi connectivity index (χ4n) is 6.25. The number of benzene rings is 5. The zero-order chi connectivity index (χ0) is 42.9. The lowest BCUT2D eigenvalue weighted by molar-refractivity contribution is -0.275. The Labute approximate surface area is 346 Å². The molecule has 5 atom stereocenters. The SMILES string of the molecule is CCC(=O)Oc1c(O)c2ccc(O[C@H]3O[C@H](COC(=O)c4ccccc4)[C@@H](OC(=O)c4ccccc4)[C@H](OC(=O)c4ccccc4)[C@@H]3OC(=O)c3ccccc3)cc2oc1=O. The van der Waals surface area contributed by atoms with E-state index in [0.717, 1.165) is 0 Å². The smallest absolute Gasteiger partial charge is 0.383 e. The molecule has 7 rings (SSSR count). The van der Waals surface area contributed by atoms with Gasteiger partial charge in [-0.3, -0.25) is 4.79 Å². The Kier molecular flexibility index (Phi) is 12.8. The van der Waals surface area contributed by atoms with Crippen LogP contribution in [0.5, 0.6) is 17.2 Å². The summed E-state index contributed by atoms with van der Waals surface area (Å²) < 4.78 is 46.8. The molecule has 6 aromatic rings. The van der Waals surface area contributed by atoms with Gasteiger partial charge in [0, 0.05) is 12.5 Å². The molecule has 0 unspecified atom stereocenters. The quantitative estimate of drug-likeness (QED) is 0.0756. The van der Waals surface area contributed by atoms with Gasteiger partial charge in [-0.25, -0.2) is 24.0 Å². The van der Waals surface area contributed by atoms with E-state index in [1.54, 1.807) is 72.8 Å². The minimum absolute atomic E-state index is 0.0317. The molecule has 0 spiro atoms. The van der Waals surface area contributed by atoms with Crippen LogP contribution in [0.2, 0.25) is 0 Å². The van der Waals surface area contributed by atoms with E-state index in [9.17, 15) is 33.9 Å². The summed E-state index contributed by atoms with van der Waals surface area (Å²) in [6.45, 7) is 0.905. The summed E-state index contributed by atoms with van der Waals surface area (Å²) in [5, 5.41) is 10.8. The summed E-state index contributed by atoms with van der Waals surface area (Å²) in [6, 6.07) is 35.5. The van der Waals surface area contributed by atoms with Crippen LogP contribution in [0.15, 0.2) is 149 Å². The van der Waals surface area contributed by atoms with Gasteiger partial charge in [-0.2, -0.15) is 0 Å². The molecule has 61 heavy (non-hydrogen) atoms. The third-order valence-electron chi connectivity index (χ3n) is 9.31. The summed E-state index contributed by atoms with van der Waals surface area (Å²) in [6.07, 6.45) is -8.30. The fraction of sp³-hybridized carbons (Fsp3) is 0.174. The zero-order valence-electron chi connectivity index (χ0n) is 32.2. The van der Waals surface area contributed by atoms with Crippen molar-refractivity contribution in [1.29, 1.82) is 0 Å². The predicted octanol–water partition coefficient (Wildman–Crippen LogP) is 6.45. The second-order valence-electron chi connectivity index (χ2n) is 13.4. The lowest BCUT2D eigenvalue weighted by Gasteiger charge is -2.44. The molecule has 1 N–H and O–H groups in total. The van der Waals surface area contributed by atoms with E-state index in [4.69, 9.17) is 37.6 Å². The van der Waals surface area contributed by atoms with Gasteiger partial charge in [0.05, 0.1) is 27.6 Å². The third-order valence-corrected chi connectivity index (χ3v) is 9.31. The van der Waals surface area contributed by atoms with E-state index in [1.165, 1.54) is 73.7 Å². The molecule has 0 amide bonds. The maximum Gasteiger partial charge on any atom is 0.383 e. The van der Waals surface area contributed by atoms with Gasteiger partial charge in [-0.15, -0.1) is 0 Å². The molecule has 2 heterocycles. The van der Waals surface area contributed by atoms with Crippen LogP contribution in [0, 0.1) is 0 Å². The molecule has 1 fully saturated rings. The van der Waals surface area contributed by atoms with Gasteiger partial charge in [-0.1, -0.05) is 79.7 Å². The number of ether oxygens (including phenoxy) is 7. The van der Waals surface area contributed by atoms with Crippen LogP contribution in [-0.2, 0) is 28.5 Å². The van der Waals surface area contributed by atoms with Crippen LogP contribution >= 0.6 is 0 Å². The minimum Gasteiger partial charge on any atom is -0.504 e. The summed E-state index contributed by atoms with van der Waals surface area (Å²) >= 11 is 0. The minimum atomic E-state index is -1.73. The third kappa shape index (κ3) is 9.75. The predicted molar refractivity (Wildman–Crippen MR) is 213 cm³/mol. The van der Waals surface area contributed by atoms with E-state index in [2.05, 4.69) is 0 Å². The zero-order valence-corrected chi connectivity index (χ0v) is 32.2. The van der Waals surface area contributed by atoms with E-state index < -0.39 is 84.3 Å². The molecule has 15 heteroatoms. The molecule has 15 nitrogen and oxygen atoms in total. The van der Waals surface area contributed by atoms with Crippen LogP contribution in [0.3, 0.4) is 0 Å². The topological polar surface area (TPSA) is 200 Å². The number of aromatic hydroxyl groups is 1. The molecule has 5 aromatic carbocycles. The van der Waals surface area contributed by atoms with Crippen molar-refractivity contribution in [2.75, 3.05) is 6.61 Å². The number of carbonyl (C=O) groups excluding carboxylic acids is 5. The van der Waals surface area contributed by atoms with Gasteiger partial charge in [0.1, 0.15) is 24.0 Å². The molecule has 0 bridgehead atoms. The molecule has 0 radical (unpaired) electrons. The molecular weight excluding hydrogens is 792 g/mol. The van der Waals surface area contributed by atoms with Crippen LogP contribution in [0.25, 0.3) is 11.0 Å². The standard InChI is InChI=1S/C46H36O15/c1-2-35(47)58-38-36(48)32-24-23-31(25-33(32)56-45(38)53)55-46-40(61-44(52)30-21-13-6-14-22-30)39(60-43(51)29-19-11-5-12-20-29)37(59-42(50)28-17-9-4-10-18-28)34(57-46)26-54-41(49)27-15-7-3-8-16-27/h3-25,34,37,39-40,46,48H,2,26H2,1H3/t34-,37-,39+,40+,46+/m1/s1. The molecule has 1 aliphatic heterocycles. The number of rotatable bonds is 13. The number of carbonyl (C=O) groups is 5. The summed E-state index contributed by atoms with van der Waals surface area (Å²) in [5.41, 5.74) is -0.884. The highest BCUT2D eigenvalue weighted by Gasteiger charge is 2.54. The molecule has 0 aliphatic carbocycles. The molecule has 0 saturated carbocycles. The molecule has 1 aromatic heterocycles. The van der Waals surface area contributed by atoms with Crippen molar-refractivity contribution in [3.63, 3.8) is 0 Å². The van der Waals surface area contributed by atoms with Gasteiger partial charge < -0.3 is 42.7 Å². The molecular formula is C46H36O15. The van der Waals surface area contributed by atoms with Crippen molar-refractivity contribution in [2.45, 2.75) is 44.1 Å². The molecule has 1 aliphatic rings. The Bertz CT molecular complexity index is 2580. The Hall–Kier alpha value is -7.78. The number of hydrogen-bond acceptors (Lipinski definition) is 15. The first-order chi connectivity index (χ1) is 29.6. The summed E-state index contributed by atoms with van der Waals surface area (Å²) in [4.78, 5) is 79.5. The van der Waals surface area contributed by atoms with Crippen molar-refractivity contribution in [1.82, 2.24) is 0 Å². The lowest BCUT2D eigenvalue weighted by Crippen LogP contribution is -2.63. The summed E-state index contributed by atoms with van der Waals surface area (Å²) in [7, 11) is 0. The monoisotopic (exact) mass is 828 g/mol. The Morgan fingerprint density at radius 1 is 0.607 bits per heavy atom. The normalized spacial score (nSPS) is 18.3. The van der Waals surface area contributed by atoms with E-state index in [-0.39, 0.29) is 45.4 Å². The first-order valence-corrected chi connectivity index (χ1v) is 18.9. The van der Waals surface area contributed by atoms with Crippen molar-refractivity contribution in [2.24, 2.45) is 0 Å². The van der Waals surface area contributed by atoms with Crippen LogP contribution in [-0.4, -0.2) is 72.3 Å². The average molecular weight is 829 g/mol. The van der Waals surface area contributed by atoms with Crippen LogP contribution in [0.4, 0.5) is 0 Å². The number of hydrogen-bond donors (Lipinski definition) is 1. The van der Waals surface area contributed by atoms with E-state index in [1.807, 2.05) is 0 Å². The first-order valence-electron chi connectivity index (χ1n) is 18.9. The maximum absolute atomic E-state index is 13.9. The van der Waals surface area contributed by atoms with Gasteiger partial charge in [0.15, 0.2) is 18.0 Å². The van der Waals surface area contributed by atoms with Crippen molar-refractivity contribution in [3.8, 4) is 17.2 Å². The highest BCUT2D eigenvalue weighted by molar-refractivity contribution is 5.92. The lowest BCUT2D eigenvalue weighted by atomic mass is 9.97. The highest BCUT2D eigenvalue weighted by Crippen LogP contribution is 2.36. The number of esters is 5. The van der Waals surface area contributed by atoms with Gasteiger partial charge in [0.2, 0.25) is 12.4 Å². The van der Waals surface area contributed by atoms with Crippen molar-refractivity contribution >= 4 is 40.8 Å². The largest absolute Gasteiger partial charge is 0.504 e. The van der Waals surface area contributed by atoms with Gasteiger partial charge in [0.25, 0.3) is 5.75 Å². The molecule has 310 valence electrons. The van der Waals surface area contributed by atoms with E-state index >= 15 is 0 Å². The van der Waals surface area contributed by atoms with Gasteiger partial charge >= 0.3 is 35.5 Å². The Morgan fingerprint density at radius 3 is 1.59 bits per heavy atom. The molecule has 1 saturated heterocycles. The van der Waals surface area contributed by atoms with Crippen LogP contribution < -0.4 is 15.1 Å². The maximum atomic E-state index is 13.9. The Balaban J connectivity index is 1.32. The average Bonchev–Trinajstić information content (AvgIpc) is 3.29. The van der Waals surface area contributed by atoms with E-state index in [0.29, 0.717) is 0 Å². The first kappa shape index (κ1) is 41.4.